The lowest BCUT2D eigenvalue weighted by Crippen LogP contribution is -2.04. The highest BCUT2D eigenvalue weighted by atomic mass is 16.5. The molecule has 5 aromatic carbocycles. The van der Waals surface area contributed by atoms with Gasteiger partial charge in [0.2, 0.25) is 5.90 Å². The molecule has 7 aromatic rings. The van der Waals surface area contributed by atoms with Crippen molar-refractivity contribution in [3.63, 3.8) is 0 Å². The Kier molecular flexibility index (Phi) is 5.01. The Balaban J connectivity index is 1.43. The molecule has 0 atom stereocenters. The van der Waals surface area contributed by atoms with E-state index >= 15 is 0 Å². The molecule has 190 valence electrons. The monoisotopic (exact) mass is 515 g/mol. The summed E-state index contributed by atoms with van der Waals surface area (Å²) in [6.07, 6.45) is 7.55. The highest BCUT2D eigenvalue weighted by Crippen LogP contribution is 2.40. The van der Waals surface area contributed by atoms with E-state index in [0.29, 0.717) is 12.5 Å². The number of para-hydroxylation sites is 2. The summed E-state index contributed by atoms with van der Waals surface area (Å²) in [5.74, 6) is 0.654. The largest absolute Gasteiger partial charge is 0.471 e. The van der Waals surface area contributed by atoms with Gasteiger partial charge in [0.05, 0.1) is 27.9 Å². The van der Waals surface area contributed by atoms with Crippen molar-refractivity contribution in [2.45, 2.75) is 0 Å². The van der Waals surface area contributed by atoms with Gasteiger partial charge in [-0.3, -0.25) is 0 Å². The molecule has 4 heteroatoms. The minimum atomic E-state index is 0.456. The van der Waals surface area contributed by atoms with Gasteiger partial charge in [0.15, 0.2) is 0 Å². The van der Waals surface area contributed by atoms with E-state index in [9.17, 15) is 0 Å². The third kappa shape index (κ3) is 3.29. The summed E-state index contributed by atoms with van der Waals surface area (Å²) in [7, 11) is 0. The minimum absolute atomic E-state index is 0.456. The van der Waals surface area contributed by atoms with Crippen LogP contribution >= 0.6 is 0 Å². The van der Waals surface area contributed by atoms with Crippen LogP contribution in [0.4, 0.5) is 0 Å². The molecule has 0 spiro atoms. The fraction of sp³-hybridized carbons (Fsp3) is 0.0278. The molecule has 3 heterocycles. The summed E-state index contributed by atoms with van der Waals surface area (Å²) >= 11 is 0. The lowest BCUT2D eigenvalue weighted by atomic mass is 10.0. The summed E-state index contributed by atoms with van der Waals surface area (Å²) in [5.41, 5.74) is 7.66. The molecule has 0 fully saturated rings. The number of fused-ring (bicyclic) bond motifs is 8. The first-order valence-corrected chi connectivity index (χ1v) is 13.5. The van der Waals surface area contributed by atoms with E-state index in [1.807, 2.05) is 18.2 Å². The lowest BCUT2D eigenvalue weighted by molar-refractivity contribution is 0.364. The maximum absolute atomic E-state index is 6.06. The zero-order valence-electron chi connectivity index (χ0n) is 21.8. The molecule has 0 saturated heterocycles. The van der Waals surface area contributed by atoms with Crippen LogP contribution in [0.5, 0.6) is 0 Å². The summed E-state index contributed by atoms with van der Waals surface area (Å²) in [6, 6.07) is 34.6. The maximum Gasteiger partial charge on any atom is 0.222 e. The smallest absolute Gasteiger partial charge is 0.222 e. The second kappa shape index (κ2) is 8.85. The zero-order chi connectivity index (χ0) is 26.6. The van der Waals surface area contributed by atoms with Crippen molar-refractivity contribution >= 4 is 60.3 Å². The predicted octanol–water partition coefficient (Wildman–Crippen LogP) is 8.97. The number of benzene rings is 5. The van der Waals surface area contributed by atoms with Crippen molar-refractivity contribution in [1.82, 2.24) is 9.55 Å². The average Bonchev–Trinajstić information content (AvgIpc) is 3.71. The van der Waals surface area contributed by atoms with E-state index in [1.165, 1.54) is 32.6 Å². The van der Waals surface area contributed by atoms with Crippen molar-refractivity contribution in [2.24, 2.45) is 4.99 Å². The van der Waals surface area contributed by atoms with Gasteiger partial charge in [0, 0.05) is 38.0 Å². The van der Waals surface area contributed by atoms with Crippen LogP contribution in [0.25, 0.3) is 60.1 Å². The Hall–Kier alpha value is -5.35. The van der Waals surface area contributed by atoms with Gasteiger partial charge in [0.1, 0.15) is 6.61 Å². The number of aromatic nitrogens is 2. The molecule has 0 bridgehead atoms. The van der Waals surface area contributed by atoms with E-state index in [1.54, 1.807) is 6.08 Å². The Labute approximate surface area is 230 Å². The average molecular weight is 516 g/mol. The molecule has 8 rings (SSSR count). The number of nitrogens with zero attached hydrogens (tertiary/aromatic N) is 2. The van der Waals surface area contributed by atoms with Gasteiger partial charge >= 0.3 is 0 Å². The number of aliphatic imine (C=N–C) groups is 1. The highest BCUT2D eigenvalue weighted by Gasteiger charge is 2.21. The van der Waals surface area contributed by atoms with Gasteiger partial charge < -0.3 is 14.3 Å². The quantitative estimate of drug-likeness (QED) is 0.234. The molecule has 0 unspecified atom stereocenters. The number of nitrogens with one attached hydrogen (secondary N) is 1. The molecule has 0 aliphatic carbocycles. The molecule has 1 aliphatic heterocycles. The van der Waals surface area contributed by atoms with E-state index in [0.717, 1.165) is 38.8 Å². The van der Waals surface area contributed by atoms with E-state index in [2.05, 4.69) is 113 Å². The Bertz CT molecular complexity index is 2240. The molecule has 1 N–H and O–H groups in total. The maximum atomic E-state index is 6.06. The second-order valence-electron chi connectivity index (χ2n) is 10.1. The van der Waals surface area contributed by atoms with E-state index in [4.69, 9.17) is 9.73 Å². The predicted molar refractivity (Wildman–Crippen MR) is 168 cm³/mol. The van der Waals surface area contributed by atoms with Crippen LogP contribution in [0.3, 0.4) is 0 Å². The van der Waals surface area contributed by atoms with Crippen molar-refractivity contribution in [3.05, 3.63) is 139 Å². The van der Waals surface area contributed by atoms with Crippen LogP contribution in [0.2, 0.25) is 0 Å². The Morgan fingerprint density at radius 3 is 2.35 bits per heavy atom. The number of hydrogen-bond acceptors (Lipinski definition) is 2. The van der Waals surface area contributed by atoms with Crippen molar-refractivity contribution in [3.8, 4) is 5.69 Å². The summed E-state index contributed by atoms with van der Waals surface area (Å²) in [5, 5.41) is 7.18. The van der Waals surface area contributed by atoms with Crippen LogP contribution in [-0.4, -0.2) is 22.1 Å². The first-order chi connectivity index (χ1) is 19.8. The SMILES string of the molecule is C=C/C=C\C=C1/COC(c2ccc(-n3c4ccccc4c4ccc5c6ccccc6[nH]c5c43)c3ccccc23)=N1. The number of hydrogen-bond donors (Lipinski definition) is 1. The highest BCUT2D eigenvalue weighted by molar-refractivity contribution is 6.23. The first-order valence-electron chi connectivity index (χ1n) is 13.5. The van der Waals surface area contributed by atoms with Crippen LogP contribution in [-0.2, 0) is 4.74 Å². The molecular formula is C36H25N3O. The third-order valence-electron chi connectivity index (χ3n) is 7.82. The number of rotatable bonds is 4. The lowest BCUT2D eigenvalue weighted by Gasteiger charge is -2.14. The second-order valence-corrected chi connectivity index (χ2v) is 10.1. The zero-order valence-corrected chi connectivity index (χ0v) is 21.8. The molecule has 0 amide bonds. The molecule has 0 radical (unpaired) electrons. The number of ether oxygens (including phenoxy) is 1. The minimum Gasteiger partial charge on any atom is -0.471 e. The molecular weight excluding hydrogens is 490 g/mol. The number of allylic oxidation sites excluding steroid dienone is 4. The number of aromatic amines is 1. The summed E-state index contributed by atoms with van der Waals surface area (Å²) in [4.78, 5) is 8.54. The van der Waals surface area contributed by atoms with Crippen molar-refractivity contribution in [2.75, 3.05) is 6.61 Å². The number of H-pyrrole nitrogens is 1. The molecule has 2 aromatic heterocycles. The topological polar surface area (TPSA) is 42.3 Å². The van der Waals surface area contributed by atoms with Gasteiger partial charge in [-0.05, 0) is 35.7 Å². The molecule has 40 heavy (non-hydrogen) atoms. The molecule has 4 nitrogen and oxygen atoms in total. The van der Waals surface area contributed by atoms with Gasteiger partial charge in [-0.25, -0.2) is 4.99 Å². The van der Waals surface area contributed by atoms with Gasteiger partial charge in [-0.2, -0.15) is 0 Å². The fourth-order valence-corrected chi connectivity index (χ4v) is 6.09. The Morgan fingerprint density at radius 2 is 1.48 bits per heavy atom. The summed E-state index contributed by atoms with van der Waals surface area (Å²) in [6.45, 7) is 4.19. The normalized spacial score (nSPS) is 14.8. The van der Waals surface area contributed by atoms with Crippen molar-refractivity contribution in [1.29, 1.82) is 0 Å². The third-order valence-corrected chi connectivity index (χ3v) is 7.82. The van der Waals surface area contributed by atoms with Crippen molar-refractivity contribution < 1.29 is 4.74 Å². The first kappa shape index (κ1) is 22.6. The van der Waals surface area contributed by atoms with Crippen LogP contribution in [0, 0.1) is 0 Å². The van der Waals surface area contributed by atoms with Crippen LogP contribution in [0.1, 0.15) is 5.56 Å². The van der Waals surface area contributed by atoms with Gasteiger partial charge in [-0.15, -0.1) is 0 Å². The summed E-state index contributed by atoms with van der Waals surface area (Å²) < 4.78 is 8.48. The molecule has 0 saturated carbocycles. The molecule has 1 aliphatic rings. The van der Waals surface area contributed by atoms with Crippen LogP contribution in [0.15, 0.2) is 139 Å². The van der Waals surface area contributed by atoms with Crippen LogP contribution < -0.4 is 0 Å². The standard InChI is InChI=1S/C36H25N3O/c1-2-3-4-11-23-22-40-36(37-23)30-20-21-33(26-14-6-5-12-24(26)30)39-32-17-10-8-15-27(32)29-19-18-28-25-13-7-9-16-31(25)38-34(28)35(29)39/h2-21,38H,1,22H2/b4-3-,23-11+. The fourth-order valence-electron chi connectivity index (χ4n) is 6.09. The van der Waals surface area contributed by atoms with E-state index in [-0.39, 0.29) is 0 Å². The van der Waals surface area contributed by atoms with Gasteiger partial charge in [0.25, 0.3) is 0 Å². The van der Waals surface area contributed by atoms with Gasteiger partial charge in [-0.1, -0.05) is 97.6 Å². The van der Waals surface area contributed by atoms with E-state index < -0.39 is 0 Å². The Morgan fingerprint density at radius 1 is 0.725 bits per heavy atom.